The molecule has 0 bridgehead atoms. The maximum atomic E-state index is 11.5. The number of aryl methyl sites for hydroxylation is 1. The smallest absolute Gasteiger partial charge is 0.337 e. The monoisotopic (exact) mass is 251 g/mol. The SMILES string of the molecule is COC(=O)c1ccc(NC(=O)CCCO)c(C)c1. The van der Waals surface area contributed by atoms with E-state index >= 15 is 0 Å². The number of carbonyl (C=O) groups is 2. The molecule has 98 valence electrons. The summed E-state index contributed by atoms with van der Waals surface area (Å²) in [5, 5.41) is 11.4. The average molecular weight is 251 g/mol. The van der Waals surface area contributed by atoms with Crippen LogP contribution >= 0.6 is 0 Å². The van der Waals surface area contributed by atoms with Crippen molar-refractivity contribution in [3.63, 3.8) is 0 Å². The maximum Gasteiger partial charge on any atom is 0.337 e. The summed E-state index contributed by atoms with van der Waals surface area (Å²) in [6.07, 6.45) is 0.708. The van der Waals surface area contributed by atoms with E-state index in [1.54, 1.807) is 25.1 Å². The first-order valence-corrected chi connectivity index (χ1v) is 5.68. The molecule has 0 aliphatic heterocycles. The molecule has 0 saturated carbocycles. The fraction of sp³-hybridized carbons (Fsp3) is 0.385. The second-order valence-corrected chi connectivity index (χ2v) is 3.90. The van der Waals surface area contributed by atoms with Gasteiger partial charge in [-0.1, -0.05) is 0 Å². The summed E-state index contributed by atoms with van der Waals surface area (Å²) in [7, 11) is 1.32. The van der Waals surface area contributed by atoms with Crippen LogP contribution in [0.4, 0.5) is 5.69 Å². The van der Waals surface area contributed by atoms with Crippen molar-refractivity contribution in [3.8, 4) is 0 Å². The molecule has 1 rings (SSSR count). The highest BCUT2D eigenvalue weighted by molar-refractivity contribution is 5.94. The number of ether oxygens (including phenoxy) is 1. The van der Waals surface area contributed by atoms with E-state index in [9.17, 15) is 9.59 Å². The Morgan fingerprint density at radius 2 is 2.11 bits per heavy atom. The van der Waals surface area contributed by atoms with Crippen LogP contribution in [0.3, 0.4) is 0 Å². The number of methoxy groups -OCH3 is 1. The van der Waals surface area contributed by atoms with E-state index in [2.05, 4.69) is 10.1 Å². The predicted octanol–water partition coefficient (Wildman–Crippen LogP) is 1.49. The lowest BCUT2D eigenvalue weighted by Crippen LogP contribution is -2.13. The van der Waals surface area contributed by atoms with Gasteiger partial charge in [0.05, 0.1) is 12.7 Å². The molecule has 1 aromatic rings. The lowest BCUT2D eigenvalue weighted by molar-refractivity contribution is -0.116. The van der Waals surface area contributed by atoms with Crippen molar-refractivity contribution in [2.24, 2.45) is 0 Å². The Kier molecular flexibility index (Phi) is 5.32. The van der Waals surface area contributed by atoms with E-state index in [1.807, 2.05) is 0 Å². The van der Waals surface area contributed by atoms with Gasteiger partial charge in [0, 0.05) is 18.7 Å². The van der Waals surface area contributed by atoms with Crippen LogP contribution in [-0.4, -0.2) is 30.7 Å². The van der Waals surface area contributed by atoms with E-state index in [4.69, 9.17) is 5.11 Å². The van der Waals surface area contributed by atoms with Gasteiger partial charge in [-0.25, -0.2) is 4.79 Å². The van der Waals surface area contributed by atoms with Crippen molar-refractivity contribution in [1.29, 1.82) is 0 Å². The minimum Gasteiger partial charge on any atom is -0.465 e. The first kappa shape index (κ1) is 14.2. The predicted molar refractivity (Wildman–Crippen MR) is 67.5 cm³/mol. The van der Waals surface area contributed by atoms with Gasteiger partial charge >= 0.3 is 5.97 Å². The Balaban J connectivity index is 2.74. The lowest BCUT2D eigenvalue weighted by atomic mass is 10.1. The molecule has 18 heavy (non-hydrogen) atoms. The Morgan fingerprint density at radius 1 is 1.39 bits per heavy atom. The molecule has 1 amide bonds. The van der Waals surface area contributed by atoms with Gasteiger partial charge in [-0.3, -0.25) is 4.79 Å². The second kappa shape index (κ2) is 6.76. The van der Waals surface area contributed by atoms with Gasteiger partial charge < -0.3 is 15.2 Å². The zero-order valence-corrected chi connectivity index (χ0v) is 10.5. The van der Waals surface area contributed by atoms with Crippen LogP contribution in [-0.2, 0) is 9.53 Å². The molecular formula is C13H17NO4. The number of rotatable bonds is 5. The molecule has 0 fully saturated rings. The zero-order valence-electron chi connectivity index (χ0n) is 10.5. The Morgan fingerprint density at radius 3 is 2.67 bits per heavy atom. The molecule has 5 nitrogen and oxygen atoms in total. The molecule has 0 spiro atoms. The molecule has 0 aromatic heterocycles. The summed E-state index contributed by atoms with van der Waals surface area (Å²) >= 11 is 0. The molecule has 0 atom stereocenters. The van der Waals surface area contributed by atoms with Crippen LogP contribution in [0.1, 0.15) is 28.8 Å². The number of nitrogens with one attached hydrogen (secondary N) is 1. The highest BCUT2D eigenvalue weighted by Crippen LogP contribution is 2.17. The van der Waals surface area contributed by atoms with Crippen molar-refractivity contribution in [3.05, 3.63) is 29.3 Å². The number of amides is 1. The molecule has 2 N–H and O–H groups in total. The third-order valence-corrected chi connectivity index (χ3v) is 2.48. The lowest BCUT2D eigenvalue weighted by Gasteiger charge is -2.09. The van der Waals surface area contributed by atoms with Gasteiger partial charge in [0.15, 0.2) is 0 Å². The van der Waals surface area contributed by atoms with Crippen LogP contribution in [0.15, 0.2) is 18.2 Å². The minimum absolute atomic E-state index is 0.00627. The third-order valence-electron chi connectivity index (χ3n) is 2.48. The van der Waals surface area contributed by atoms with Gasteiger partial charge in [0.2, 0.25) is 5.91 Å². The standard InChI is InChI=1S/C13H17NO4/c1-9-8-10(13(17)18-2)5-6-11(9)14-12(16)4-3-7-15/h5-6,8,15H,3-4,7H2,1-2H3,(H,14,16). The molecule has 0 radical (unpaired) electrons. The van der Waals surface area contributed by atoms with Crippen LogP contribution in [0.5, 0.6) is 0 Å². The average Bonchev–Trinajstić information content (AvgIpc) is 2.37. The first-order valence-electron chi connectivity index (χ1n) is 5.68. The van der Waals surface area contributed by atoms with E-state index < -0.39 is 5.97 Å². The molecule has 1 aromatic carbocycles. The van der Waals surface area contributed by atoms with Gasteiger partial charge in [-0.15, -0.1) is 0 Å². The molecule has 0 saturated heterocycles. The first-order chi connectivity index (χ1) is 8.58. The number of hydrogen-bond acceptors (Lipinski definition) is 4. The molecule has 0 heterocycles. The summed E-state index contributed by atoms with van der Waals surface area (Å²) < 4.78 is 4.61. The van der Waals surface area contributed by atoms with Crippen LogP contribution < -0.4 is 5.32 Å². The Hall–Kier alpha value is -1.88. The van der Waals surface area contributed by atoms with Gasteiger partial charge in [-0.05, 0) is 37.1 Å². The quantitative estimate of drug-likeness (QED) is 0.777. The van der Waals surface area contributed by atoms with Crippen molar-refractivity contribution in [1.82, 2.24) is 0 Å². The molecular weight excluding hydrogens is 234 g/mol. The highest BCUT2D eigenvalue weighted by Gasteiger charge is 2.09. The second-order valence-electron chi connectivity index (χ2n) is 3.90. The molecule has 0 aliphatic rings. The molecule has 0 aliphatic carbocycles. The van der Waals surface area contributed by atoms with Crippen molar-refractivity contribution < 1.29 is 19.4 Å². The number of aliphatic hydroxyl groups excluding tert-OH is 1. The fourth-order valence-corrected chi connectivity index (χ4v) is 1.50. The van der Waals surface area contributed by atoms with Crippen LogP contribution in [0.2, 0.25) is 0 Å². The summed E-state index contributed by atoms with van der Waals surface area (Å²) in [6, 6.07) is 4.92. The van der Waals surface area contributed by atoms with Crippen molar-refractivity contribution in [2.75, 3.05) is 19.0 Å². The zero-order chi connectivity index (χ0) is 13.5. The Bertz CT molecular complexity index is 443. The number of benzene rings is 1. The maximum absolute atomic E-state index is 11.5. The molecule has 0 unspecified atom stereocenters. The van der Waals surface area contributed by atoms with E-state index in [0.29, 0.717) is 17.7 Å². The molecule has 5 heteroatoms. The topological polar surface area (TPSA) is 75.6 Å². The summed E-state index contributed by atoms with van der Waals surface area (Å²) in [6.45, 7) is 1.79. The number of aliphatic hydroxyl groups is 1. The number of anilines is 1. The highest BCUT2D eigenvalue weighted by atomic mass is 16.5. The summed E-state index contributed by atoms with van der Waals surface area (Å²) in [5.74, 6) is -0.561. The van der Waals surface area contributed by atoms with Crippen LogP contribution in [0.25, 0.3) is 0 Å². The number of hydrogen-bond donors (Lipinski definition) is 2. The summed E-state index contributed by atoms with van der Waals surface area (Å²) in [5.41, 5.74) is 1.89. The fourth-order valence-electron chi connectivity index (χ4n) is 1.50. The minimum atomic E-state index is -0.406. The van der Waals surface area contributed by atoms with Gasteiger partial charge in [0.1, 0.15) is 0 Å². The van der Waals surface area contributed by atoms with E-state index in [-0.39, 0.29) is 18.9 Å². The summed E-state index contributed by atoms with van der Waals surface area (Å²) in [4.78, 5) is 22.8. The largest absolute Gasteiger partial charge is 0.465 e. The normalized spacial score (nSPS) is 9.94. The number of carbonyl (C=O) groups excluding carboxylic acids is 2. The van der Waals surface area contributed by atoms with Crippen molar-refractivity contribution >= 4 is 17.6 Å². The van der Waals surface area contributed by atoms with Gasteiger partial charge in [-0.2, -0.15) is 0 Å². The van der Waals surface area contributed by atoms with E-state index in [1.165, 1.54) is 7.11 Å². The van der Waals surface area contributed by atoms with Gasteiger partial charge in [0.25, 0.3) is 0 Å². The van der Waals surface area contributed by atoms with Crippen molar-refractivity contribution in [2.45, 2.75) is 19.8 Å². The third kappa shape index (κ3) is 3.85. The Labute approximate surface area is 106 Å². The van der Waals surface area contributed by atoms with E-state index in [0.717, 1.165) is 5.56 Å². The number of esters is 1. The van der Waals surface area contributed by atoms with Crippen LogP contribution in [0, 0.1) is 6.92 Å².